The second kappa shape index (κ2) is 48.2. The third-order valence-electron chi connectivity index (χ3n) is 16.4. The van der Waals surface area contributed by atoms with E-state index in [9.17, 15) is 113 Å². The van der Waals surface area contributed by atoms with E-state index >= 15 is 0 Å². The van der Waals surface area contributed by atoms with Crippen LogP contribution < -0.4 is 46.8 Å². The molecule has 112 heavy (non-hydrogen) atoms. The van der Waals surface area contributed by atoms with Crippen LogP contribution in [0.3, 0.4) is 0 Å². The van der Waals surface area contributed by atoms with Crippen molar-refractivity contribution in [2.75, 3.05) is 170 Å². The van der Waals surface area contributed by atoms with Gasteiger partial charge in [0.25, 0.3) is 5.91 Å². The smallest absolute Gasteiger partial charge is 0.458 e. The number of aliphatic carboxylic acids is 4. The maximum atomic E-state index is 13.7. The van der Waals surface area contributed by atoms with Crippen molar-refractivity contribution >= 4 is 91.9 Å². The Morgan fingerprint density at radius 3 is 1.60 bits per heavy atom. The van der Waals surface area contributed by atoms with Gasteiger partial charge >= 0.3 is 47.8 Å². The van der Waals surface area contributed by atoms with Crippen molar-refractivity contribution in [3.8, 4) is 5.75 Å². The number of carboxylic acid groups (broad SMARTS) is 4. The summed E-state index contributed by atoms with van der Waals surface area (Å²) in [6.07, 6.45) is -5.63. The first-order valence-electron chi connectivity index (χ1n) is 35.1. The standard InChI is InChI=1S/C64H96N14O21S.C4F6O2/c1-44-34-47(35-45(2)60(44)100(93,94)73-51(63(91)92)38-70-61(89)49-39-74(3)52-36-46(9-10-48(52)59(49)88)37-71-64-68-15-16-69-64)99-28-5-8-53(79)65-13-6-26-96-30-32-98-33-31-97-27-7-14-67-62(90)50(11-12-54(80)66-17-29-95-4)72-55(81)40-75-18-20-76(41-56(82)83)22-24-78(43-58(86)87)25-23-77(21-19-75)42-57(84)85;5-3(6,7)1(11)2(12)4(8,9)10/h9-10,15-16,34-36,39,50-51,73H,5-8,11-14,17-33,37-38,40-43H2,1-4H3,(H,65,79)(H,66,80)(H,67,90)(H,70,89)(H,72,81)(H,82,83)(H,84,85)(H,86,87)(H,91,92)(H2,68,69,71);/t50-,51+;/m1./s1. The summed E-state index contributed by atoms with van der Waals surface area (Å²) < 4.78 is 126. The van der Waals surface area contributed by atoms with E-state index in [2.05, 4.69) is 46.6 Å². The summed E-state index contributed by atoms with van der Waals surface area (Å²) in [5.41, 5.74) is 1.03. The minimum absolute atomic E-state index is 0.0365. The summed E-state index contributed by atoms with van der Waals surface area (Å²) in [6, 6.07) is 5.14. The number of aromatic amines is 1. The van der Waals surface area contributed by atoms with Crippen LogP contribution in [0.2, 0.25) is 0 Å². The molecule has 5 rings (SSSR count). The number of pyridine rings is 1. The SMILES string of the molecule is COCCNC(=O)CC[C@@H](NC(=O)CN1CCN(CC(=O)O)CCN(CC(=O)O)CCN(CC(=O)O)CC1)C(=O)NCCCOCCOCCOCCCNC(=O)CCCOc1cc(C)c(S(=O)(=O)N[C@@H](CNC(=O)c2cn(C)c3cc(CNc4ncc[nH]4)ccc3c2=O)C(=O)O)c(C)c1.O=C(C(=O)C(F)(F)F)C(F)(F)F. The van der Waals surface area contributed by atoms with Gasteiger partial charge in [-0.3, -0.25) is 77.1 Å². The first kappa shape index (κ1) is 94.6. The van der Waals surface area contributed by atoms with Gasteiger partial charge in [0.2, 0.25) is 39.1 Å². The summed E-state index contributed by atoms with van der Waals surface area (Å²) in [4.78, 5) is 159. The average molecular weight is 1620 g/mol. The fraction of sp³-hybridized carbons (Fsp3) is 0.574. The number of benzene rings is 2. The van der Waals surface area contributed by atoms with Crippen molar-refractivity contribution in [2.24, 2.45) is 7.05 Å². The number of anilines is 1. The Bertz CT molecular complexity index is 3890. The number of methoxy groups -OCH3 is 1. The Balaban J connectivity index is 0.00000202. The van der Waals surface area contributed by atoms with Crippen molar-refractivity contribution in [1.82, 2.24) is 65.4 Å². The molecule has 37 nitrogen and oxygen atoms in total. The molecule has 624 valence electrons. The molecular formula is C68H96F6N14O23S. The molecule has 2 aromatic carbocycles. The number of H-pyrrole nitrogens is 1. The van der Waals surface area contributed by atoms with E-state index in [1.54, 1.807) is 61.8 Å². The highest BCUT2D eigenvalue weighted by Crippen LogP contribution is 2.27. The molecule has 2 atom stereocenters. The van der Waals surface area contributed by atoms with Gasteiger partial charge in [0, 0.05) is 149 Å². The molecule has 1 saturated heterocycles. The Labute approximate surface area is 639 Å². The normalized spacial score (nSPS) is 14.2. The van der Waals surface area contributed by atoms with E-state index in [4.69, 9.17) is 23.7 Å². The number of fused-ring (bicyclic) bond motifs is 1. The second-order valence-electron chi connectivity index (χ2n) is 25.3. The lowest BCUT2D eigenvalue weighted by Crippen LogP contribution is -2.52. The second-order valence-corrected chi connectivity index (χ2v) is 27.0. The van der Waals surface area contributed by atoms with Crippen molar-refractivity contribution in [3.05, 3.63) is 81.4 Å². The summed E-state index contributed by atoms with van der Waals surface area (Å²) in [7, 11) is -1.34. The van der Waals surface area contributed by atoms with Crippen LogP contribution in [0.15, 0.2) is 58.6 Å². The molecule has 44 heteroatoms. The number of aryl methyl sites for hydroxylation is 3. The highest BCUT2D eigenvalue weighted by Gasteiger charge is 2.54. The number of rotatable bonds is 46. The van der Waals surface area contributed by atoms with E-state index in [1.807, 2.05) is 0 Å². The predicted octanol–water partition coefficient (Wildman–Crippen LogP) is -0.374. The van der Waals surface area contributed by atoms with Gasteiger partial charge in [-0.1, -0.05) is 6.07 Å². The van der Waals surface area contributed by atoms with Crippen LogP contribution in [-0.4, -0.2) is 317 Å². The van der Waals surface area contributed by atoms with Gasteiger partial charge in [-0.15, -0.1) is 0 Å². The molecule has 0 saturated carbocycles. The van der Waals surface area contributed by atoms with Crippen molar-refractivity contribution in [1.29, 1.82) is 0 Å². The highest BCUT2D eigenvalue weighted by atomic mass is 32.2. The molecule has 0 bridgehead atoms. The molecule has 5 amide bonds. The molecular weight excluding hydrogens is 1530 g/mol. The van der Waals surface area contributed by atoms with Crippen LogP contribution in [0, 0.1) is 13.8 Å². The lowest BCUT2D eigenvalue weighted by atomic mass is 10.1. The summed E-state index contributed by atoms with van der Waals surface area (Å²) in [6.45, 7) is 6.02. The molecule has 1 aliphatic rings. The minimum Gasteiger partial charge on any atom is -0.494 e. The zero-order valence-corrected chi connectivity index (χ0v) is 62.9. The molecule has 2 aromatic heterocycles. The summed E-state index contributed by atoms with van der Waals surface area (Å²) >= 11 is 0. The van der Waals surface area contributed by atoms with Gasteiger partial charge in [-0.25, -0.2) is 13.4 Å². The highest BCUT2D eigenvalue weighted by molar-refractivity contribution is 7.89. The molecule has 0 radical (unpaired) electrons. The number of sulfonamides is 1. The number of nitrogens with one attached hydrogen (secondary N) is 8. The van der Waals surface area contributed by atoms with Gasteiger partial charge in [-0.2, -0.15) is 31.1 Å². The Hall–Kier alpha value is -9.80. The fourth-order valence-electron chi connectivity index (χ4n) is 10.9. The van der Waals surface area contributed by atoms with E-state index in [-0.39, 0.29) is 189 Å². The van der Waals surface area contributed by atoms with Crippen LogP contribution in [-0.2, 0) is 90.5 Å². The lowest BCUT2D eigenvalue weighted by molar-refractivity contribution is -0.193. The number of ether oxygens (including phenoxy) is 5. The molecule has 0 unspecified atom stereocenters. The molecule has 1 fully saturated rings. The number of aromatic nitrogens is 3. The monoisotopic (exact) mass is 1620 g/mol. The molecule has 0 spiro atoms. The first-order chi connectivity index (χ1) is 52.9. The fourth-order valence-corrected chi connectivity index (χ4v) is 12.5. The zero-order chi connectivity index (χ0) is 83.1. The van der Waals surface area contributed by atoms with Gasteiger partial charge in [0.05, 0.1) is 76.2 Å². The number of ketones is 2. The number of Topliss-reactive ketones (excluding diaryl/α,β-unsaturated/α-hetero) is 2. The van der Waals surface area contributed by atoms with Gasteiger partial charge in [0.1, 0.15) is 23.4 Å². The van der Waals surface area contributed by atoms with Gasteiger partial charge in [-0.05, 0) is 80.5 Å². The predicted molar refractivity (Wildman–Crippen MR) is 384 cm³/mol. The molecule has 12 N–H and O–H groups in total. The summed E-state index contributed by atoms with van der Waals surface area (Å²) in [5, 5.41) is 55.4. The Morgan fingerprint density at radius 1 is 0.607 bits per heavy atom. The summed E-state index contributed by atoms with van der Waals surface area (Å²) in [5.74, 6) is -13.3. The largest absolute Gasteiger partial charge is 0.494 e. The van der Waals surface area contributed by atoms with E-state index in [0.29, 0.717) is 62.8 Å². The van der Waals surface area contributed by atoms with Crippen LogP contribution in [0.25, 0.3) is 10.9 Å². The lowest BCUT2D eigenvalue weighted by Gasteiger charge is -2.33. The van der Waals surface area contributed by atoms with Crippen LogP contribution in [0.1, 0.15) is 65.6 Å². The number of hydrogen-bond acceptors (Lipinski definition) is 25. The maximum absolute atomic E-state index is 13.7. The zero-order valence-electron chi connectivity index (χ0n) is 62.1. The molecule has 0 aliphatic carbocycles. The van der Waals surface area contributed by atoms with Crippen LogP contribution in [0.4, 0.5) is 32.3 Å². The Morgan fingerprint density at radius 2 is 1.11 bits per heavy atom. The average Bonchev–Trinajstić information content (AvgIpc) is 0.785. The molecule has 3 heterocycles. The van der Waals surface area contributed by atoms with Crippen molar-refractivity contribution in [3.63, 3.8) is 0 Å². The quantitative estimate of drug-likeness (QED) is 0.0152. The maximum Gasteiger partial charge on any atom is 0.458 e. The number of amides is 5. The van der Waals surface area contributed by atoms with Gasteiger partial charge < -0.3 is 85.6 Å². The number of nitrogens with zero attached hydrogens (tertiary/aromatic N) is 6. The van der Waals surface area contributed by atoms with Gasteiger partial charge in [0.15, 0.2) is 5.95 Å². The topological polar surface area (TPSA) is 497 Å². The number of carboxylic acids is 4. The minimum atomic E-state index is -5.77. The van der Waals surface area contributed by atoms with E-state index < -0.39 is 99.6 Å². The van der Waals surface area contributed by atoms with Crippen LogP contribution >= 0.6 is 0 Å². The number of carbonyl (C=O) groups excluding carboxylic acids is 7. The number of halogens is 6. The van der Waals surface area contributed by atoms with Crippen LogP contribution in [0.5, 0.6) is 5.75 Å². The number of carbonyl (C=O) groups is 11. The number of alkyl halides is 6. The third-order valence-corrected chi connectivity index (χ3v) is 18.1. The van der Waals surface area contributed by atoms with E-state index in [1.165, 1.54) is 39.3 Å². The first-order valence-corrected chi connectivity index (χ1v) is 36.6. The third kappa shape index (κ3) is 35.7. The van der Waals surface area contributed by atoms with Crippen molar-refractivity contribution in [2.45, 2.75) is 88.2 Å². The van der Waals surface area contributed by atoms with E-state index in [0.717, 1.165) is 5.56 Å². The number of hydrogen-bond donors (Lipinski definition) is 12. The Kier molecular flexibility index (Phi) is 40.7. The molecule has 4 aromatic rings. The van der Waals surface area contributed by atoms with Crippen molar-refractivity contribution < 1.29 is 132 Å². The molecule has 1 aliphatic heterocycles. The number of imidazole rings is 1.